The Labute approximate surface area is 223 Å². The molecule has 2 atom stereocenters. The third-order valence-corrected chi connectivity index (χ3v) is 7.01. The van der Waals surface area contributed by atoms with E-state index in [1.54, 1.807) is 12.1 Å². The largest absolute Gasteiger partial charge is 0.467 e. The topological polar surface area (TPSA) is 99.5 Å². The van der Waals surface area contributed by atoms with Crippen molar-refractivity contribution in [1.29, 1.82) is 0 Å². The van der Waals surface area contributed by atoms with Crippen LogP contribution < -0.4 is 5.32 Å². The smallest absolute Gasteiger partial charge is 0.337 e. The molecule has 0 aliphatic heterocycles. The highest BCUT2D eigenvalue weighted by Crippen LogP contribution is 2.38. The van der Waals surface area contributed by atoms with Gasteiger partial charge in [-0.05, 0) is 49.4 Å². The molecule has 3 aromatic rings. The molecule has 0 bridgehead atoms. The van der Waals surface area contributed by atoms with E-state index in [4.69, 9.17) is 14.5 Å². The molecule has 4 rings (SSSR count). The average molecular weight is 528 g/mol. The van der Waals surface area contributed by atoms with E-state index in [1.807, 2.05) is 47.9 Å². The van der Waals surface area contributed by atoms with Gasteiger partial charge in [0.15, 0.2) is 0 Å². The molecule has 1 N–H and O–H groups in total. The number of para-hydroxylation sites is 2. The van der Waals surface area contributed by atoms with Crippen molar-refractivity contribution in [2.75, 3.05) is 14.2 Å². The summed E-state index contributed by atoms with van der Waals surface area (Å²) in [6, 6.07) is 13.5. The van der Waals surface area contributed by atoms with E-state index in [0.29, 0.717) is 17.8 Å². The number of hydrogen-bond donors (Lipinski definition) is 1. The van der Waals surface area contributed by atoms with Crippen molar-refractivity contribution in [2.24, 2.45) is 5.92 Å². The van der Waals surface area contributed by atoms with Crippen molar-refractivity contribution in [3.05, 3.63) is 54.1 Å². The molecule has 0 radical (unpaired) electrons. The average Bonchev–Trinajstić information content (AvgIpc) is 3.30. The number of nitrogens with one attached hydrogen (secondary N) is 1. The van der Waals surface area contributed by atoms with Crippen molar-refractivity contribution in [2.45, 2.75) is 57.5 Å². The fraction of sp³-hybridized carbons (Fsp3) is 0.429. The maximum absolute atomic E-state index is 13.9. The van der Waals surface area contributed by atoms with E-state index in [-0.39, 0.29) is 24.2 Å². The van der Waals surface area contributed by atoms with Gasteiger partial charge in [0.05, 0.1) is 30.8 Å². The minimum absolute atomic E-state index is 0. The van der Waals surface area contributed by atoms with Gasteiger partial charge in [0.1, 0.15) is 17.9 Å². The summed E-state index contributed by atoms with van der Waals surface area (Å²) in [5, 5.41) is 2.95. The Kier molecular flexibility index (Phi) is 9.69. The molecule has 1 aromatic heterocycles. The second-order valence-electron chi connectivity index (χ2n) is 9.20. The first-order chi connectivity index (χ1) is 17.5. The highest BCUT2D eigenvalue weighted by Gasteiger charge is 2.36. The highest BCUT2D eigenvalue weighted by molar-refractivity contribution is 5.91. The quantitative estimate of drug-likeness (QED) is 0.409. The van der Waals surface area contributed by atoms with Gasteiger partial charge in [-0.15, -0.1) is 12.4 Å². The van der Waals surface area contributed by atoms with Crippen LogP contribution in [0.15, 0.2) is 48.5 Å². The number of fused-ring (bicyclic) bond motifs is 1. The van der Waals surface area contributed by atoms with E-state index in [9.17, 15) is 14.4 Å². The number of carbonyl (C=O) groups is 3. The second kappa shape index (κ2) is 12.7. The van der Waals surface area contributed by atoms with Crippen molar-refractivity contribution < 1.29 is 23.9 Å². The zero-order chi connectivity index (χ0) is 25.7. The van der Waals surface area contributed by atoms with Crippen LogP contribution in [0.5, 0.6) is 0 Å². The standard InChI is InChI=1S/C28H33N3O5.ClH/c1-4-21(28(34)36-3)30-26(32)24(18-10-6-5-7-11-18)31-23-13-9-8-12-22(23)29-25(31)19-14-16-20(17-15-19)27(33)35-2;/h8-9,12-18,21,24H,4-7,10-11H2,1-3H3,(H,30,32);1H. The molecule has 1 aliphatic rings. The van der Waals surface area contributed by atoms with Crippen LogP contribution in [0.25, 0.3) is 22.4 Å². The minimum atomic E-state index is -0.717. The molecule has 1 amide bonds. The van der Waals surface area contributed by atoms with Crippen LogP contribution in [-0.4, -0.2) is 47.7 Å². The third kappa shape index (κ3) is 5.96. The van der Waals surface area contributed by atoms with E-state index in [1.165, 1.54) is 14.2 Å². The molecule has 1 fully saturated rings. The number of rotatable bonds is 8. The summed E-state index contributed by atoms with van der Waals surface area (Å²) in [6.45, 7) is 1.85. The van der Waals surface area contributed by atoms with E-state index >= 15 is 0 Å². The Morgan fingerprint density at radius 2 is 1.68 bits per heavy atom. The summed E-state index contributed by atoms with van der Waals surface area (Å²) in [5.74, 6) is -0.343. The molecule has 37 heavy (non-hydrogen) atoms. The number of imidazole rings is 1. The van der Waals surface area contributed by atoms with Crippen molar-refractivity contribution in [3.63, 3.8) is 0 Å². The third-order valence-electron chi connectivity index (χ3n) is 7.01. The summed E-state index contributed by atoms with van der Waals surface area (Å²) in [4.78, 5) is 43.0. The van der Waals surface area contributed by atoms with Gasteiger partial charge in [-0.2, -0.15) is 0 Å². The summed E-state index contributed by atoms with van der Waals surface area (Å²) in [7, 11) is 2.68. The Morgan fingerprint density at radius 3 is 2.30 bits per heavy atom. The van der Waals surface area contributed by atoms with Gasteiger partial charge in [0.25, 0.3) is 0 Å². The fourth-order valence-corrected chi connectivity index (χ4v) is 5.12. The van der Waals surface area contributed by atoms with Gasteiger partial charge in [0, 0.05) is 5.56 Å². The van der Waals surface area contributed by atoms with E-state index in [0.717, 1.165) is 48.7 Å². The fourth-order valence-electron chi connectivity index (χ4n) is 5.12. The summed E-state index contributed by atoms with van der Waals surface area (Å²) >= 11 is 0. The summed E-state index contributed by atoms with van der Waals surface area (Å²) < 4.78 is 11.8. The van der Waals surface area contributed by atoms with Crippen molar-refractivity contribution in [1.82, 2.24) is 14.9 Å². The first kappa shape index (κ1) is 28.2. The van der Waals surface area contributed by atoms with Crippen LogP contribution >= 0.6 is 12.4 Å². The Bertz CT molecular complexity index is 1230. The number of aromatic nitrogens is 2. The first-order valence-corrected chi connectivity index (χ1v) is 12.5. The Hall–Kier alpha value is -3.39. The van der Waals surface area contributed by atoms with E-state index < -0.39 is 24.0 Å². The Balaban J connectivity index is 0.00000380. The lowest BCUT2D eigenvalue weighted by Crippen LogP contribution is -2.46. The van der Waals surface area contributed by atoms with Gasteiger partial charge in [-0.3, -0.25) is 4.79 Å². The highest BCUT2D eigenvalue weighted by atomic mass is 35.5. The van der Waals surface area contributed by atoms with Crippen LogP contribution in [0.1, 0.15) is 61.8 Å². The SMILES string of the molecule is CCC(NC(=O)C(C1CCCCC1)n1c(-c2ccc(C(=O)OC)cc2)nc2ccccc21)C(=O)OC.Cl. The molecule has 2 aromatic carbocycles. The number of ether oxygens (including phenoxy) is 2. The second-order valence-corrected chi connectivity index (χ2v) is 9.20. The van der Waals surface area contributed by atoms with E-state index in [2.05, 4.69) is 5.32 Å². The number of benzene rings is 2. The van der Waals surface area contributed by atoms with Crippen LogP contribution in [0.3, 0.4) is 0 Å². The zero-order valence-electron chi connectivity index (χ0n) is 21.4. The van der Waals surface area contributed by atoms with Gasteiger partial charge < -0.3 is 19.4 Å². The first-order valence-electron chi connectivity index (χ1n) is 12.5. The lowest BCUT2D eigenvalue weighted by Gasteiger charge is -2.32. The summed E-state index contributed by atoms with van der Waals surface area (Å²) in [6.07, 6.45) is 5.52. The maximum Gasteiger partial charge on any atom is 0.337 e. The van der Waals surface area contributed by atoms with Crippen LogP contribution in [0.4, 0.5) is 0 Å². The van der Waals surface area contributed by atoms with Gasteiger partial charge >= 0.3 is 11.9 Å². The molecule has 1 saturated carbocycles. The van der Waals surface area contributed by atoms with Crippen LogP contribution in [-0.2, 0) is 19.1 Å². The number of hydrogen-bond acceptors (Lipinski definition) is 6. The molecule has 9 heteroatoms. The maximum atomic E-state index is 13.9. The molecule has 1 heterocycles. The predicted octanol–water partition coefficient (Wildman–Crippen LogP) is 5.10. The number of nitrogens with zero attached hydrogens (tertiary/aromatic N) is 2. The Morgan fingerprint density at radius 1 is 1.00 bits per heavy atom. The molecule has 0 spiro atoms. The van der Waals surface area contributed by atoms with Crippen LogP contribution in [0, 0.1) is 5.92 Å². The molecular formula is C28H34ClN3O5. The van der Waals surface area contributed by atoms with Crippen molar-refractivity contribution >= 4 is 41.3 Å². The van der Waals surface area contributed by atoms with Gasteiger partial charge in [0.2, 0.25) is 5.91 Å². The lowest BCUT2D eigenvalue weighted by atomic mass is 9.83. The molecule has 2 unspecified atom stereocenters. The minimum Gasteiger partial charge on any atom is -0.467 e. The number of esters is 2. The van der Waals surface area contributed by atoms with Gasteiger partial charge in [-0.25, -0.2) is 14.6 Å². The zero-order valence-corrected chi connectivity index (χ0v) is 22.3. The monoisotopic (exact) mass is 527 g/mol. The normalized spacial score (nSPS) is 15.3. The predicted molar refractivity (Wildman–Crippen MR) is 144 cm³/mol. The number of amides is 1. The lowest BCUT2D eigenvalue weighted by molar-refractivity contribution is -0.145. The van der Waals surface area contributed by atoms with Crippen molar-refractivity contribution in [3.8, 4) is 11.4 Å². The summed E-state index contributed by atoms with van der Waals surface area (Å²) in [5.41, 5.74) is 2.85. The number of halogens is 1. The number of methoxy groups -OCH3 is 2. The molecule has 198 valence electrons. The molecule has 8 nitrogen and oxygen atoms in total. The van der Waals surface area contributed by atoms with Crippen LogP contribution in [0.2, 0.25) is 0 Å². The molecule has 1 aliphatic carbocycles. The van der Waals surface area contributed by atoms with Gasteiger partial charge in [-0.1, -0.05) is 50.5 Å². The molecule has 0 saturated heterocycles. The number of carbonyl (C=O) groups excluding carboxylic acids is 3. The molecular weight excluding hydrogens is 494 g/mol.